The van der Waals surface area contributed by atoms with Crippen molar-refractivity contribution < 1.29 is 24.5 Å². The highest BCUT2D eigenvalue weighted by Crippen LogP contribution is 2.66. The van der Waals surface area contributed by atoms with E-state index in [1.165, 1.54) is 5.56 Å². The lowest BCUT2D eigenvalue weighted by Gasteiger charge is -2.65. The number of carboxylic acid groups (broad SMARTS) is 1. The fourth-order valence-corrected chi connectivity index (χ4v) is 7.64. The molecular formula is C27H32N2O5. The minimum Gasteiger partial charge on any atom is -0.504 e. The third kappa shape index (κ3) is 2.78. The molecule has 180 valence electrons. The van der Waals surface area contributed by atoms with Gasteiger partial charge in [0.25, 0.3) is 0 Å². The predicted molar refractivity (Wildman–Crippen MR) is 126 cm³/mol. The van der Waals surface area contributed by atoms with Gasteiger partial charge in [0, 0.05) is 24.8 Å². The summed E-state index contributed by atoms with van der Waals surface area (Å²) in [6.07, 6.45) is 3.34. The van der Waals surface area contributed by atoms with Crippen LogP contribution in [0.2, 0.25) is 0 Å². The summed E-state index contributed by atoms with van der Waals surface area (Å²) in [6.45, 7) is 0.906. The maximum absolute atomic E-state index is 12.3. The molecule has 0 amide bonds. The summed E-state index contributed by atoms with van der Waals surface area (Å²) in [5.74, 6) is -0.146. The van der Waals surface area contributed by atoms with E-state index in [-0.39, 0.29) is 23.9 Å². The average Bonchev–Trinajstić information content (AvgIpc) is 3.20. The summed E-state index contributed by atoms with van der Waals surface area (Å²) in [4.78, 5) is 14.7. The lowest BCUT2D eigenvalue weighted by molar-refractivity contribution is -0.204. The maximum Gasteiger partial charge on any atom is 0.321 e. The molecule has 3 N–H and O–H groups in total. The van der Waals surface area contributed by atoms with Crippen LogP contribution in [0, 0.1) is 0 Å². The molecule has 1 saturated carbocycles. The van der Waals surface area contributed by atoms with E-state index in [9.17, 15) is 15.0 Å². The Kier molecular flexibility index (Phi) is 4.96. The molecule has 34 heavy (non-hydrogen) atoms. The summed E-state index contributed by atoms with van der Waals surface area (Å²) in [6, 6.07) is 12.8. The van der Waals surface area contributed by atoms with Gasteiger partial charge in [0.1, 0.15) is 12.1 Å². The molecule has 7 nitrogen and oxygen atoms in total. The van der Waals surface area contributed by atoms with E-state index in [0.29, 0.717) is 12.2 Å². The number of benzene rings is 2. The van der Waals surface area contributed by atoms with Gasteiger partial charge >= 0.3 is 5.97 Å². The number of nitrogens with zero attached hydrogens (tertiary/aromatic N) is 1. The van der Waals surface area contributed by atoms with Crippen LogP contribution in [0.4, 0.5) is 0 Å². The SMILES string of the molecule is CO[C@@]12CC[C@H](N[C@@H](Cc3ccccc3)C(=O)O)[C@@H]3Oc4c(O)ccc5c4C31CCN(C)C2C5. The van der Waals surface area contributed by atoms with Crippen molar-refractivity contribution in [1.29, 1.82) is 0 Å². The lowest BCUT2D eigenvalue weighted by Crippen LogP contribution is -2.78. The van der Waals surface area contributed by atoms with E-state index in [1.54, 1.807) is 13.2 Å². The van der Waals surface area contributed by atoms with Crippen LogP contribution in [0.25, 0.3) is 0 Å². The van der Waals surface area contributed by atoms with E-state index in [0.717, 1.165) is 43.4 Å². The number of phenolic OH excluding ortho intramolecular Hbond substituents is 1. The number of methoxy groups -OCH3 is 1. The number of hydrogen-bond donors (Lipinski definition) is 3. The summed E-state index contributed by atoms with van der Waals surface area (Å²) < 4.78 is 13.1. The van der Waals surface area contributed by atoms with Crippen LogP contribution in [0.15, 0.2) is 42.5 Å². The topological polar surface area (TPSA) is 91.3 Å². The fraction of sp³-hybridized carbons (Fsp3) is 0.519. The number of aromatic hydroxyl groups is 1. The highest BCUT2D eigenvalue weighted by Gasteiger charge is 2.73. The molecule has 2 heterocycles. The van der Waals surface area contributed by atoms with Gasteiger partial charge in [-0.3, -0.25) is 10.1 Å². The molecule has 4 aliphatic rings. The molecule has 0 aromatic heterocycles. The molecule has 1 spiro atoms. The third-order valence-electron chi connectivity index (χ3n) is 9.05. The van der Waals surface area contributed by atoms with Crippen molar-refractivity contribution in [3.05, 3.63) is 59.2 Å². The van der Waals surface area contributed by atoms with Gasteiger partial charge in [0.15, 0.2) is 11.5 Å². The van der Waals surface area contributed by atoms with Gasteiger partial charge in [-0.25, -0.2) is 0 Å². The van der Waals surface area contributed by atoms with E-state index in [2.05, 4.69) is 17.3 Å². The number of likely N-dealkylation sites (N-methyl/N-ethyl adjacent to an activating group) is 1. The third-order valence-corrected chi connectivity index (χ3v) is 9.05. The molecule has 6 atom stereocenters. The van der Waals surface area contributed by atoms with Gasteiger partial charge in [-0.2, -0.15) is 0 Å². The zero-order chi connectivity index (χ0) is 23.7. The molecular weight excluding hydrogens is 432 g/mol. The molecule has 2 aromatic carbocycles. The quantitative estimate of drug-likeness (QED) is 0.605. The van der Waals surface area contributed by atoms with E-state index >= 15 is 0 Å². The number of hydrogen-bond acceptors (Lipinski definition) is 6. The molecule has 2 aliphatic heterocycles. The molecule has 7 heteroatoms. The normalized spacial score (nSPS) is 34.2. The number of ether oxygens (including phenoxy) is 2. The lowest BCUT2D eigenvalue weighted by atomic mass is 9.48. The Hall–Kier alpha value is -2.61. The highest BCUT2D eigenvalue weighted by atomic mass is 16.5. The predicted octanol–water partition coefficient (Wildman–Crippen LogP) is 2.48. The number of carboxylic acids is 1. The Balaban J connectivity index is 1.42. The van der Waals surface area contributed by atoms with Gasteiger partial charge < -0.3 is 24.6 Å². The summed E-state index contributed by atoms with van der Waals surface area (Å²) in [7, 11) is 3.97. The van der Waals surface area contributed by atoms with Gasteiger partial charge in [0.05, 0.1) is 11.0 Å². The first-order chi connectivity index (χ1) is 16.4. The van der Waals surface area contributed by atoms with Crippen LogP contribution in [0.3, 0.4) is 0 Å². The standard InChI is InChI=1S/C27H32N2O5/c1-29-13-12-26-22-17-8-9-20(30)23(22)34-24(26)18(10-11-27(26,33-2)21(29)15-17)28-19(25(31)32)14-16-6-4-3-5-7-16/h3-9,18-19,21,24,28,30H,10-15H2,1-2H3,(H,31,32)/t18-,19-,21?,24-,26?,27+/m0/s1. The van der Waals surface area contributed by atoms with Crippen molar-refractivity contribution >= 4 is 5.97 Å². The summed E-state index contributed by atoms with van der Waals surface area (Å²) >= 11 is 0. The zero-order valence-corrected chi connectivity index (χ0v) is 19.7. The van der Waals surface area contributed by atoms with E-state index in [4.69, 9.17) is 9.47 Å². The van der Waals surface area contributed by atoms with Gasteiger partial charge in [-0.15, -0.1) is 0 Å². The number of carbonyl (C=O) groups is 1. The van der Waals surface area contributed by atoms with Crippen LogP contribution in [-0.2, 0) is 27.8 Å². The Bertz CT molecular complexity index is 1120. The van der Waals surface area contributed by atoms with Gasteiger partial charge in [-0.05, 0) is 62.9 Å². The van der Waals surface area contributed by atoms with Crippen molar-refractivity contribution in [3.8, 4) is 11.5 Å². The van der Waals surface area contributed by atoms with Crippen LogP contribution in [-0.4, -0.2) is 71.6 Å². The summed E-state index contributed by atoms with van der Waals surface area (Å²) in [5, 5.41) is 24.3. The van der Waals surface area contributed by atoms with Crippen LogP contribution in [0.5, 0.6) is 11.5 Å². The summed E-state index contributed by atoms with van der Waals surface area (Å²) in [5.41, 5.74) is 2.42. The Morgan fingerprint density at radius 2 is 2.06 bits per heavy atom. The first-order valence-corrected chi connectivity index (χ1v) is 12.2. The molecule has 2 aliphatic carbocycles. The van der Waals surface area contributed by atoms with Gasteiger partial charge in [-0.1, -0.05) is 36.4 Å². The van der Waals surface area contributed by atoms with E-state index < -0.39 is 23.0 Å². The Labute approximate surface area is 199 Å². The minimum atomic E-state index is -0.867. The molecule has 2 fully saturated rings. The maximum atomic E-state index is 12.3. The molecule has 2 unspecified atom stereocenters. The van der Waals surface area contributed by atoms with Crippen molar-refractivity contribution in [3.63, 3.8) is 0 Å². The molecule has 6 rings (SSSR count). The Morgan fingerprint density at radius 1 is 1.26 bits per heavy atom. The van der Waals surface area contributed by atoms with Crippen molar-refractivity contribution in [2.45, 2.75) is 67.3 Å². The van der Waals surface area contributed by atoms with Crippen molar-refractivity contribution in [1.82, 2.24) is 10.2 Å². The smallest absolute Gasteiger partial charge is 0.321 e. The minimum absolute atomic E-state index is 0.155. The monoisotopic (exact) mass is 464 g/mol. The number of piperidine rings is 1. The van der Waals surface area contributed by atoms with Crippen LogP contribution >= 0.6 is 0 Å². The molecule has 1 saturated heterocycles. The number of likely N-dealkylation sites (tertiary alicyclic amines) is 1. The zero-order valence-electron chi connectivity index (χ0n) is 19.7. The van der Waals surface area contributed by atoms with Crippen LogP contribution < -0.4 is 10.1 Å². The van der Waals surface area contributed by atoms with Crippen molar-refractivity contribution in [2.75, 3.05) is 20.7 Å². The number of phenols is 1. The second kappa shape index (κ2) is 7.70. The van der Waals surface area contributed by atoms with Crippen molar-refractivity contribution in [2.24, 2.45) is 0 Å². The second-order valence-electron chi connectivity index (χ2n) is 10.4. The second-order valence-corrected chi connectivity index (χ2v) is 10.4. The fourth-order valence-electron chi connectivity index (χ4n) is 7.64. The molecule has 2 bridgehead atoms. The van der Waals surface area contributed by atoms with Crippen LogP contribution in [0.1, 0.15) is 36.0 Å². The first-order valence-electron chi connectivity index (χ1n) is 12.2. The van der Waals surface area contributed by atoms with Gasteiger partial charge in [0.2, 0.25) is 0 Å². The molecule has 0 radical (unpaired) electrons. The highest BCUT2D eigenvalue weighted by molar-refractivity contribution is 5.74. The molecule has 2 aromatic rings. The largest absolute Gasteiger partial charge is 0.504 e. The first kappa shape index (κ1) is 21.9. The van der Waals surface area contributed by atoms with E-state index in [1.807, 2.05) is 36.4 Å². The number of aliphatic carboxylic acids is 1. The average molecular weight is 465 g/mol. The number of rotatable bonds is 6. The number of nitrogens with one attached hydrogen (secondary N) is 1. The Morgan fingerprint density at radius 3 is 2.79 bits per heavy atom.